The van der Waals surface area contributed by atoms with Crippen molar-refractivity contribution in [2.75, 3.05) is 26.2 Å². The summed E-state index contributed by atoms with van der Waals surface area (Å²) in [5.74, 6) is 0.722. The number of imidazole rings is 4. The van der Waals surface area contributed by atoms with E-state index in [2.05, 4.69) is 91.7 Å². The molecule has 0 bridgehead atoms. The summed E-state index contributed by atoms with van der Waals surface area (Å²) < 4.78 is 128. The highest BCUT2D eigenvalue weighted by atomic mass is 79.9. The maximum absolute atomic E-state index is 15.9. The number of nitrogens with zero attached hydrogens (tertiary/aromatic N) is 16. The summed E-state index contributed by atoms with van der Waals surface area (Å²) in [4.78, 5) is 99.7. The number of halogens is 6. The van der Waals surface area contributed by atoms with Gasteiger partial charge in [0.05, 0.1) is 82.8 Å². The Bertz CT molecular complexity index is 6190. The number of hydrogen-bond acceptors (Lipinski definition) is 24. The van der Waals surface area contributed by atoms with Crippen LogP contribution in [0.3, 0.4) is 0 Å². The molecule has 42 heteroatoms. The monoisotopic (exact) mass is 1920 g/mol. The molecule has 16 heterocycles. The van der Waals surface area contributed by atoms with Crippen LogP contribution in [0.25, 0.3) is 56.0 Å². The van der Waals surface area contributed by atoms with Crippen LogP contribution < -0.4 is 22.0 Å². The summed E-state index contributed by atoms with van der Waals surface area (Å²) in [5.41, 5.74) is -3.21. The number of likely N-dealkylation sites (tertiary alicyclic amines) is 2. The lowest BCUT2D eigenvalue weighted by atomic mass is 9.49. The predicted octanol–water partition coefficient (Wildman–Crippen LogP) is 15.0. The van der Waals surface area contributed by atoms with E-state index in [1.54, 1.807) is 83.1 Å². The summed E-state index contributed by atoms with van der Waals surface area (Å²) in [6.45, 7) is 51.1. The molecule has 32 nitrogen and oxygen atoms in total. The lowest BCUT2D eigenvalue weighted by Gasteiger charge is -2.36. The van der Waals surface area contributed by atoms with E-state index >= 15 is 13.2 Å². The van der Waals surface area contributed by atoms with Crippen LogP contribution in [0.4, 0.5) is 27.2 Å². The summed E-state index contributed by atoms with van der Waals surface area (Å²) in [7, 11) is -1.72. The second-order valence-corrected chi connectivity index (χ2v) is 41.3. The number of carbonyl (C=O) groups excluding carboxylic acids is 2. The number of fused-ring (bicyclic) bond motifs is 6. The molecule has 130 heavy (non-hydrogen) atoms. The van der Waals surface area contributed by atoms with Crippen molar-refractivity contribution < 1.29 is 73.9 Å². The Kier molecular flexibility index (Phi) is 26.9. The molecule has 0 radical (unpaired) electrons. The second-order valence-electron chi connectivity index (χ2n) is 39.5. The Labute approximate surface area is 769 Å². The standard InChI is InChI=1S/C25H26F2N6O3.C18H20BrF2N3O3.2C13H18BN3O2.C12H24B2O4.C7H6BrN3/c1-14-12-33-13-16(11-28-22(33)29-14)15-9-17-19(18(26)10-15)30-21(31-20(17)34)25(27)5-7-32(8-6-25)23(35)36-24(2,3)4;1-17(2,3)27-16(26)24-6-4-18(21,5-7-24)15-22-13-11(14(25)23-15)8-10(19)9-12(13)20;2*1-9-7-17-8-10(6-15-11(17)16-9)14-18-12(2,3)13(4,5)19-14;1-9(2)10(3,4)16-13(15-9)14-17-11(5,6)12(7,8)18-14;1-5-3-11-4-6(8)2-9-7(11)10-5/h9-13H,5-8H2,1-4H3,(H,30,31,34);8-9H,4-7H2,1-3H3,(H,22,23,25);2*6-8H,1-5H3;1-8H3;2-4H,1H3. The highest BCUT2D eigenvalue weighted by molar-refractivity contribution is 9.10. The number of ether oxygens (including phenoxy) is 2. The zero-order valence-corrected chi connectivity index (χ0v) is 81.5. The predicted molar refractivity (Wildman–Crippen MR) is 493 cm³/mol. The third-order valence-electron chi connectivity index (χ3n) is 24.6. The summed E-state index contributed by atoms with van der Waals surface area (Å²) in [6, 6.07) is 5.37. The largest absolute Gasteiger partial charge is 0.497 e. The Morgan fingerprint density at radius 2 is 0.708 bits per heavy atom. The highest BCUT2D eigenvalue weighted by Gasteiger charge is 2.64. The minimum atomic E-state index is -2.01. The van der Waals surface area contributed by atoms with Crippen molar-refractivity contribution in [3.63, 3.8) is 0 Å². The quantitative estimate of drug-likeness (QED) is 0.115. The fraction of sp³-hybridized carbons (Fsp3) is 0.523. The first-order valence-electron chi connectivity index (χ1n) is 42.9. The number of rotatable bonds is 6. The Balaban J connectivity index is 0.000000138. The SMILES string of the molecule is CC(C)(C)OC(=O)N1CCC(F)(c2nc3c(F)cc(Br)cc3c(=O)[nH]2)CC1.CC1(C)OB(B2OC(C)(C)C(C)(C)O2)OC1(C)C.Cc1cn2cc(-c3cc(F)c4nc(C5(F)CCN(C(=O)OC(C)(C)C)CC5)[nH]c(=O)c4c3)cnc2n1.Cc1cn2cc(B3OC(C)(C)C(C)(C)O3)cnc2n1.Cc1cn2cc(B3OC(C)(C)C(C)(C)O3)cnc2n1.Cc1cn2cc(Br)cnc2n1. The van der Waals surface area contributed by atoms with Gasteiger partial charge in [0.15, 0.2) is 17.2 Å². The molecular formula is C88H112B4Br2F4N18O14. The average Bonchev–Trinajstić information content (AvgIpc) is 1.42. The molecule has 6 aliphatic rings. The number of aryl methyl sites for hydroxylation is 4. The Hall–Kier alpha value is -9.64. The van der Waals surface area contributed by atoms with Crippen molar-refractivity contribution in [3.05, 3.63) is 174 Å². The van der Waals surface area contributed by atoms with Gasteiger partial charge in [-0.2, -0.15) is 0 Å². The molecule has 6 fully saturated rings. The molecule has 0 atom stereocenters. The van der Waals surface area contributed by atoms with Gasteiger partial charge < -0.3 is 66.5 Å². The van der Waals surface area contributed by atoms with Gasteiger partial charge in [-0.1, -0.05) is 15.9 Å². The second kappa shape index (κ2) is 35.7. The van der Waals surface area contributed by atoms with Gasteiger partial charge in [-0.05, 0) is 226 Å². The highest BCUT2D eigenvalue weighted by Crippen LogP contribution is 2.45. The maximum Gasteiger partial charge on any atom is 0.497 e. The smallest absolute Gasteiger partial charge is 0.444 e. The molecule has 10 aromatic heterocycles. The van der Waals surface area contributed by atoms with E-state index in [4.69, 9.17) is 46.7 Å². The van der Waals surface area contributed by atoms with E-state index in [1.807, 2.05) is 189 Å². The molecule has 0 unspecified atom stereocenters. The molecule has 0 saturated carbocycles. The van der Waals surface area contributed by atoms with E-state index in [-0.39, 0.29) is 144 Å². The first kappa shape index (κ1) is 97.9. The molecule has 2 aromatic carbocycles. The van der Waals surface area contributed by atoms with Crippen LogP contribution in [0.1, 0.15) is 212 Å². The normalized spacial score (nSPS) is 19.5. The van der Waals surface area contributed by atoms with Gasteiger partial charge in [0.2, 0.25) is 23.1 Å². The van der Waals surface area contributed by atoms with Gasteiger partial charge in [0.25, 0.3) is 11.1 Å². The number of aromatic amines is 2. The average molecular weight is 1930 g/mol. The molecule has 0 aliphatic carbocycles. The van der Waals surface area contributed by atoms with Crippen molar-refractivity contribution in [1.82, 2.24) is 87.2 Å². The lowest BCUT2D eigenvalue weighted by Crippen LogP contribution is -2.46. The summed E-state index contributed by atoms with van der Waals surface area (Å²) in [5, 5.41) is 0.0471. The number of benzene rings is 2. The summed E-state index contributed by atoms with van der Waals surface area (Å²) >= 11 is 6.45. The fourth-order valence-electron chi connectivity index (χ4n) is 14.5. The van der Waals surface area contributed by atoms with Crippen LogP contribution in [0, 0.1) is 39.3 Å². The number of alkyl halides is 2. The van der Waals surface area contributed by atoms with Crippen molar-refractivity contribution in [1.29, 1.82) is 0 Å². The van der Waals surface area contributed by atoms with Crippen LogP contribution in [0.15, 0.2) is 117 Å². The van der Waals surface area contributed by atoms with Crippen molar-refractivity contribution >= 4 is 128 Å². The van der Waals surface area contributed by atoms with E-state index < -0.39 is 71.5 Å². The molecule has 12 aromatic rings. The third-order valence-corrected chi connectivity index (χ3v) is 25.5. The minimum absolute atomic E-state index is 0.00505. The summed E-state index contributed by atoms with van der Waals surface area (Å²) in [6.07, 6.45) is 20.7. The van der Waals surface area contributed by atoms with Gasteiger partial charge in [-0.3, -0.25) is 27.2 Å². The molecule has 2 amide bonds. The molecule has 0 spiro atoms. The number of amides is 2. The Morgan fingerprint density at radius 3 is 1.06 bits per heavy atom. The first-order chi connectivity index (χ1) is 60.1. The number of aromatic nitrogens is 16. The van der Waals surface area contributed by atoms with E-state index in [0.717, 1.165) is 44.0 Å². The number of piperidine rings is 2. The molecule has 2 N–H and O–H groups in total. The van der Waals surface area contributed by atoms with E-state index in [0.29, 0.717) is 32.9 Å². The van der Waals surface area contributed by atoms with Crippen LogP contribution in [0.5, 0.6) is 0 Å². The van der Waals surface area contributed by atoms with E-state index in [1.165, 1.54) is 34.1 Å². The van der Waals surface area contributed by atoms with Crippen molar-refractivity contribution in [2.24, 2.45) is 0 Å². The van der Waals surface area contributed by atoms with Crippen LogP contribution in [-0.4, -0.2) is 210 Å². The van der Waals surface area contributed by atoms with Gasteiger partial charge in [-0.15, -0.1) is 0 Å². The maximum atomic E-state index is 15.9. The van der Waals surface area contributed by atoms with Crippen molar-refractivity contribution in [2.45, 2.75) is 273 Å². The topological polar surface area (TPSA) is 345 Å². The number of carbonyl (C=O) groups is 2. The van der Waals surface area contributed by atoms with Crippen LogP contribution in [-0.2, 0) is 58.0 Å². The first-order valence-corrected chi connectivity index (χ1v) is 44.5. The number of nitrogens with one attached hydrogen (secondary N) is 2. The third kappa shape index (κ3) is 21.3. The van der Waals surface area contributed by atoms with Crippen LogP contribution >= 0.6 is 31.9 Å². The number of hydrogen-bond donors (Lipinski definition) is 2. The minimum Gasteiger partial charge on any atom is -0.444 e. The van der Waals surface area contributed by atoms with Crippen molar-refractivity contribution in [3.8, 4) is 11.1 Å². The molecule has 6 saturated heterocycles. The number of H-pyrrole nitrogens is 2. The Morgan fingerprint density at radius 1 is 0.400 bits per heavy atom. The fourth-order valence-corrected chi connectivity index (χ4v) is 15.3. The molecule has 6 aliphatic heterocycles. The van der Waals surface area contributed by atoms with E-state index in [9.17, 15) is 23.6 Å². The molecule has 692 valence electrons. The lowest BCUT2D eigenvalue weighted by molar-refractivity contribution is -0.000943. The molecule has 18 rings (SSSR count). The van der Waals surface area contributed by atoms with Gasteiger partial charge in [0.1, 0.15) is 39.7 Å². The van der Waals surface area contributed by atoms with Gasteiger partial charge in [-0.25, -0.2) is 77.0 Å². The molecular weight excluding hydrogens is 1810 g/mol. The zero-order chi connectivity index (χ0) is 95.3. The zero-order valence-electron chi connectivity index (χ0n) is 78.3. The van der Waals surface area contributed by atoms with Gasteiger partial charge >= 0.3 is 40.4 Å². The van der Waals surface area contributed by atoms with Gasteiger partial charge in [0, 0.05) is 147 Å². The van der Waals surface area contributed by atoms with Crippen LogP contribution in [0.2, 0.25) is 0 Å².